The Morgan fingerprint density at radius 3 is 3.04 bits per heavy atom. The van der Waals surface area contributed by atoms with E-state index >= 15 is 0 Å². The monoisotopic (exact) mass is 324 g/mol. The van der Waals surface area contributed by atoms with Crippen LogP contribution in [0, 0.1) is 5.92 Å². The van der Waals surface area contributed by atoms with Crippen LogP contribution in [0.15, 0.2) is 35.9 Å². The second-order valence-corrected chi connectivity index (χ2v) is 6.88. The van der Waals surface area contributed by atoms with Crippen LogP contribution < -0.4 is 0 Å². The van der Waals surface area contributed by atoms with E-state index in [1.54, 1.807) is 0 Å². The first kappa shape index (κ1) is 15.5. The molecule has 1 aromatic heterocycles. The molecule has 126 valence electrons. The van der Waals surface area contributed by atoms with Crippen LogP contribution >= 0.6 is 0 Å². The van der Waals surface area contributed by atoms with Crippen LogP contribution in [0.1, 0.15) is 37.1 Å². The Labute approximate surface area is 142 Å². The Morgan fingerprint density at radius 1 is 1.42 bits per heavy atom. The zero-order valence-corrected chi connectivity index (χ0v) is 14.3. The third-order valence-electron chi connectivity index (χ3n) is 5.70. The first-order valence-corrected chi connectivity index (χ1v) is 8.76. The van der Waals surface area contributed by atoms with Crippen LogP contribution in [0.2, 0.25) is 0 Å². The Balaban J connectivity index is 1.69. The number of carbonyl (C=O) groups is 1. The van der Waals surface area contributed by atoms with Crippen LogP contribution in [0.3, 0.4) is 0 Å². The SMILES string of the molecule is C/C=C1\CN2CCc3c([nH]c4ccccc34)[C@H]2C[C@@H]1CC(=O)OC. The van der Waals surface area contributed by atoms with Gasteiger partial charge >= 0.3 is 5.97 Å². The van der Waals surface area contributed by atoms with E-state index in [1.807, 2.05) is 0 Å². The highest BCUT2D eigenvalue weighted by molar-refractivity contribution is 5.85. The topological polar surface area (TPSA) is 45.3 Å². The van der Waals surface area contributed by atoms with Crippen molar-refractivity contribution in [1.82, 2.24) is 9.88 Å². The highest BCUT2D eigenvalue weighted by Gasteiger charge is 2.38. The maximum absolute atomic E-state index is 11.8. The van der Waals surface area contributed by atoms with Gasteiger partial charge in [0.25, 0.3) is 0 Å². The zero-order valence-electron chi connectivity index (χ0n) is 14.3. The number of benzene rings is 1. The first-order valence-electron chi connectivity index (χ1n) is 8.76. The average Bonchev–Trinajstić information content (AvgIpc) is 3.00. The number of H-pyrrole nitrogens is 1. The van der Waals surface area contributed by atoms with Gasteiger partial charge in [0.15, 0.2) is 0 Å². The molecular weight excluding hydrogens is 300 g/mol. The van der Waals surface area contributed by atoms with E-state index in [0.29, 0.717) is 12.5 Å². The number of methoxy groups -OCH3 is 1. The van der Waals surface area contributed by atoms with Crippen molar-refractivity contribution in [3.63, 3.8) is 0 Å². The molecule has 2 aliphatic rings. The summed E-state index contributed by atoms with van der Waals surface area (Å²) in [4.78, 5) is 18.0. The highest BCUT2D eigenvalue weighted by atomic mass is 16.5. The van der Waals surface area contributed by atoms with Crippen molar-refractivity contribution in [3.8, 4) is 0 Å². The van der Waals surface area contributed by atoms with E-state index in [2.05, 4.69) is 47.1 Å². The van der Waals surface area contributed by atoms with E-state index in [1.165, 1.54) is 34.8 Å². The minimum Gasteiger partial charge on any atom is -0.469 e. The summed E-state index contributed by atoms with van der Waals surface area (Å²) in [6, 6.07) is 8.94. The molecule has 3 heterocycles. The number of aromatic nitrogens is 1. The van der Waals surface area contributed by atoms with Crippen LogP contribution in [0.25, 0.3) is 10.9 Å². The number of para-hydroxylation sites is 1. The van der Waals surface area contributed by atoms with Crippen molar-refractivity contribution in [2.45, 2.75) is 32.2 Å². The molecule has 0 amide bonds. The molecule has 24 heavy (non-hydrogen) atoms. The van der Waals surface area contributed by atoms with Gasteiger partial charge in [0.05, 0.1) is 19.6 Å². The Hall–Kier alpha value is -2.07. The number of fused-ring (bicyclic) bond motifs is 5. The summed E-state index contributed by atoms with van der Waals surface area (Å²) in [5, 5.41) is 1.36. The fourth-order valence-corrected chi connectivity index (χ4v) is 4.44. The minimum absolute atomic E-state index is 0.111. The lowest BCUT2D eigenvalue weighted by Crippen LogP contribution is -2.43. The maximum Gasteiger partial charge on any atom is 0.306 e. The molecule has 0 unspecified atom stereocenters. The van der Waals surface area contributed by atoms with Gasteiger partial charge in [-0.2, -0.15) is 0 Å². The second kappa shape index (κ2) is 6.10. The molecule has 0 saturated carbocycles. The quantitative estimate of drug-likeness (QED) is 0.678. The number of rotatable bonds is 2. The minimum atomic E-state index is -0.111. The molecule has 2 atom stereocenters. The number of nitrogens with zero attached hydrogens (tertiary/aromatic N) is 1. The molecule has 4 nitrogen and oxygen atoms in total. The largest absolute Gasteiger partial charge is 0.469 e. The summed E-state index contributed by atoms with van der Waals surface area (Å²) < 4.78 is 4.91. The molecular formula is C20H24N2O2. The molecule has 0 spiro atoms. The van der Waals surface area contributed by atoms with Crippen molar-refractivity contribution in [1.29, 1.82) is 0 Å². The lowest BCUT2D eigenvalue weighted by Gasteiger charge is -2.43. The standard InChI is InChI=1S/C20H24N2O2/c1-3-13-12-22-9-8-16-15-6-4-5-7-17(15)21-20(16)18(22)10-14(13)11-19(23)24-2/h3-7,14,18,21H,8-12H2,1-2H3/b13-3+/t14-,18-/m1/s1. The number of nitrogens with one attached hydrogen (secondary N) is 1. The molecule has 4 heteroatoms. The van der Waals surface area contributed by atoms with Gasteiger partial charge < -0.3 is 9.72 Å². The van der Waals surface area contributed by atoms with Crippen molar-refractivity contribution in [2.24, 2.45) is 5.92 Å². The third kappa shape index (κ3) is 2.46. The molecule has 2 aliphatic heterocycles. The van der Waals surface area contributed by atoms with Crippen molar-refractivity contribution < 1.29 is 9.53 Å². The Kier molecular flexibility index (Phi) is 3.93. The van der Waals surface area contributed by atoms with Crippen LogP contribution in [0.4, 0.5) is 0 Å². The van der Waals surface area contributed by atoms with E-state index in [4.69, 9.17) is 4.74 Å². The normalized spacial score (nSPS) is 25.5. The smallest absolute Gasteiger partial charge is 0.306 e. The zero-order chi connectivity index (χ0) is 16.7. The van der Waals surface area contributed by atoms with Gasteiger partial charge in [0, 0.05) is 29.7 Å². The lowest BCUT2D eigenvalue weighted by atomic mass is 9.80. The summed E-state index contributed by atoms with van der Waals surface area (Å²) in [5.74, 6) is 0.168. The number of allylic oxidation sites excluding steroid dienone is 1. The van der Waals surface area contributed by atoms with Crippen LogP contribution in [0.5, 0.6) is 0 Å². The third-order valence-corrected chi connectivity index (χ3v) is 5.70. The number of esters is 1. The summed E-state index contributed by atoms with van der Waals surface area (Å²) >= 11 is 0. The summed E-state index contributed by atoms with van der Waals surface area (Å²) in [7, 11) is 1.48. The Bertz CT molecular complexity index is 805. The predicted molar refractivity (Wildman–Crippen MR) is 94.8 cm³/mol. The second-order valence-electron chi connectivity index (χ2n) is 6.88. The highest BCUT2D eigenvalue weighted by Crippen LogP contribution is 2.43. The van der Waals surface area contributed by atoms with Crippen molar-refractivity contribution in [3.05, 3.63) is 47.2 Å². The lowest BCUT2D eigenvalue weighted by molar-refractivity contribution is -0.141. The summed E-state index contributed by atoms with van der Waals surface area (Å²) in [5.41, 5.74) is 5.42. The number of piperidine rings is 1. The van der Waals surface area contributed by atoms with E-state index in [9.17, 15) is 4.79 Å². The van der Waals surface area contributed by atoms with Gasteiger partial charge in [-0.1, -0.05) is 29.8 Å². The fourth-order valence-electron chi connectivity index (χ4n) is 4.44. The number of hydrogen-bond donors (Lipinski definition) is 1. The van der Waals surface area contributed by atoms with Crippen LogP contribution in [-0.4, -0.2) is 36.1 Å². The van der Waals surface area contributed by atoms with E-state index in [-0.39, 0.29) is 11.9 Å². The summed E-state index contributed by atoms with van der Waals surface area (Å²) in [6.45, 7) is 4.12. The van der Waals surface area contributed by atoms with Gasteiger partial charge in [0.2, 0.25) is 0 Å². The van der Waals surface area contributed by atoms with Crippen molar-refractivity contribution >= 4 is 16.9 Å². The van der Waals surface area contributed by atoms with E-state index < -0.39 is 0 Å². The molecule has 0 aliphatic carbocycles. The van der Waals surface area contributed by atoms with Gasteiger partial charge in [-0.25, -0.2) is 0 Å². The maximum atomic E-state index is 11.8. The van der Waals surface area contributed by atoms with Gasteiger partial charge in [-0.3, -0.25) is 9.69 Å². The molecule has 1 saturated heterocycles. The van der Waals surface area contributed by atoms with Gasteiger partial charge in [-0.05, 0) is 37.3 Å². The molecule has 0 bridgehead atoms. The Morgan fingerprint density at radius 2 is 2.25 bits per heavy atom. The van der Waals surface area contributed by atoms with Crippen molar-refractivity contribution in [2.75, 3.05) is 20.2 Å². The van der Waals surface area contributed by atoms with Gasteiger partial charge in [0.1, 0.15) is 0 Å². The number of ether oxygens (including phenoxy) is 1. The molecule has 2 aromatic rings. The van der Waals surface area contributed by atoms with Crippen LogP contribution in [-0.2, 0) is 16.0 Å². The molecule has 1 fully saturated rings. The molecule has 0 radical (unpaired) electrons. The number of aromatic amines is 1. The molecule has 4 rings (SSSR count). The van der Waals surface area contributed by atoms with Gasteiger partial charge in [-0.15, -0.1) is 0 Å². The number of hydrogen-bond acceptors (Lipinski definition) is 3. The van der Waals surface area contributed by atoms with E-state index in [0.717, 1.165) is 25.9 Å². The summed E-state index contributed by atoms with van der Waals surface area (Å²) in [6.07, 6.45) is 4.74. The fraction of sp³-hybridized carbons (Fsp3) is 0.450. The molecule has 1 aromatic carbocycles. The average molecular weight is 324 g/mol. The molecule has 1 N–H and O–H groups in total. The number of carbonyl (C=O) groups excluding carboxylic acids is 1. The first-order chi connectivity index (χ1) is 11.7. The predicted octanol–water partition coefficient (Wildman–Crippen LogP) is 3.60.